The predicted octanol–water partition coefficient (Wildman–Crippen LogP) is 2.71. The molecule has 0 spiro atoms. The van der Waals surface area contributed by atoms with Crippen LogP contribution in [0.25, 0.3) is 0 Å². The van der Waals surface area contributed by atoms with Crippen LogP contribution in [0.15, 0.2) is 24.3 Å². The van der Waals surface area contributed by atoms with Gasteiger partial charge in [0.2, 0.25) is 5.91 Å². The first-order valence-electron chi connectivity index (χ1n) is 8.74. The van der Waals surface area contributed by atoms with Gasteiger partial charge in [-0.25, -0.2) is 4.39 Å². The third-order valence-corrected chi connectivity index (χ3v) is 4.41. The number of nitrogens with one attached hydrogen (secondary N) is 2. The summed E-state index contributed by atoms with van der Waals surface area (Å²) in [6.45, 7) is 11.7. The Bertz CT molecular complexity index is 539. The largest absolute Gasteiger partial charge is 0.348 e. The topological polar surface area (TPSA) is 44.4 Å². The quantitative estimate of drug-likeness (QED) is 0.870. The molecular weight excluding hydrogens is 305 g/mol. The van der Waals surface area contributed by atoms with E-state index in [1.54, 1.807) is 12.1 Å². The van der Waals surface area contributed by atoms with Crippen molar-refractivity contribution in [2.24, 2.45) is 5.41 Å². The van der Waals surface area contributed by atoms with Gasteiger partial charge < -0.3 is 10.6 Å². The van der Waals surface area contributed by atoms with Crippen LogP contribution in [0.2, 0.25) is 0 Å². The molecule has 5 heteroatoms. The van der Waals surface area contributed by atoms with Crippen molar-refractivity contribution in [3.63, 3.8) is 0 Å². The molecule has 1 unspecified atom stereocenters. The van der Waals surface area contributed by atoms with E-state index >= 15 is 0 Å². The van der Waals surface area contributed by atoms with E-state index in [2.05, 4.69) is 43.2 Å². The summed E-state index contributed by atoms with van der Waals surface area (Å²) < 4.78 is 13.2. The molecule has 1 aliphatic rings. The minimum Gasteiger partial charge on any atom is -0.348 e. The highest BCUT2D eigenvalue weighted by Crippen LogP contribution is 2.29. The third kappa shape index (κ3) is 5.87. The van der Waals surface area contributed by atoms with E-state index in [9.17, 15) is 9.18 Å². The van der Waals surface area contributed by atoms with E-state index in [0.717, 1.165) is 31.6 Å². The Labute approximate surface area is 144 Å². The fraction of sp³-hybridized carbons (Fsp3) is 0.632. The Balaban J connectivity index is 2.03. The second-order valence-electron chi connectivity index (χ2n) is 7.96. The Morgan fingerprint density at radius 3 is 2.62 bits per heavy atom. The van der Waals surface area contributed by atoms with Crippen LogP contribution in [-0.4, -0.2) is 43.0 Å². The van der Waals surface area contributed by atoms with Crippen molar-refractivity contribution in [3.05, 3.63) is 35.6 Å². The number of piperazine rings is 1. The van der Waals surface area contributed by atoms with Gasteiger partial charge in [-0.2, -0.15) is 0 Å². The van der Waals surface area contributed by atoms with Crippen molar-refractivity contribution >= 4 is 5.91 Å². The first-order valence-corrected chi connectivity index (χ1v) is 8.74. The lowest BCUT2D eigenvalue weighted by Crippen LogP contribution is -2.53. The number of amides is 1. The molecule has 2 atom stereocenters. The lowest BCUT2D eigenvalue weighted by Gasteiger charge is -2.34. The van der Waals surface area contributed by atoms with Gasteiger partial charge in [0.1, 0.15) is 5.82 Å². The molecule has 1 saturated heterocycles. The number of carbonyl (C=O) groups is 1. The molecule has 1 aromatic carbocycles. The summed E-state index contributed by atoms with van der Waals surface area (Å²) in [5.74, 6) is -0.225. The van der Waals surface area contributed by atoms with Gasteiger partial charge in [-0.05, 0) is 36.5 Å². The number of carbonyl (C=O) groups excluding carboxylic acids is 1. The van der Waals surface area contributed by atoms with Gasteiger partial charge in [-0.3, -0.25) is 9.69 Å². The summed E-state index contributed by atoms with van der Waals surface area (Å²) in [5.41, 5.74) is 1.02. The highest BCUT2D eigenvalue weighted by Gasteiger charge is 2.25. The molecule has 134 valence electrons. The lowest BCUT2D eigenvalue weighted by atomic mass is 9.85. The van der Waals surface area contributed by atoms with Gasteiger partial charge in [-0.1, -0.05) is 32.9 Å². The zero-order chi connectivity index (χ0) is 17.7. The molecular formula is C19H30FN3O. The molecule has 1 amide bonds. The maximum Gasteiger partial charge on any atom is 0.234 e. The smallest absolute Gasteiger partial charge is 0.234 e. The van der Waals surface area contributed by atoms with Gasteiger partial charge in [0.05, 0.1) is 12.6 Å². The van der Waals surface area contributed by atoms with Crippen molar-refractivity contribution in [2.75, 3.05) is 26.2 Å². The van der Waals surface area contributed by atoms with Crippen LogP contribution in [0, 0.1) is 11.2 Å². The molecule has 1 aliphatic heterocycles. The van der Waals surface area contributed by atoms with Crippen LogP contribution >= 0.6 is 0 Å². The molecule has 0 saturated carbocycles. The lowest BCUT2D eigenvalue weighted by molar-refractivity contribution is -0.123. The molecule has 0 radical (unpaired) electrons. The number of hydrogen-bond donors (Lipinski definition) is 2. The zero-order valence-corrected chi connectivity index (χ0v) is 15.2. The molecule has 0 aromatic heterocycles. The Hall–Kier alpha value is -1.46. The van der Waals surface area contributed by atoms with Crippen molar-refractivity contribution in [1.82, 2.24) is 15.5 Å². The zero-order valence-electron chi connectivity index (χ0n) is 15.2. The van der Waals surface area contributed by atoms with Crippen LogP contribution in [0.1, 0.15) is 45.7 Å². The molecule has 2 rings (SSSR count). The van der Waals surface area contributed by atoms with Gasteiger partial charge in [0, 0.05) is 25.7 Å². The molecule has 1 aromatic rings. The van der Waals surface area contributed by atoms with Crippen molar-refractivity contribution in [3.8, 4) is 0 Å². The van der Waals surface area contributed by atoms with Gasteiger partial charge in [0.25, 0.3) is 0 Å². The molecule has 4 nitrogen and oxygen atoms in total. The van der Waals surface area contributed by atoms with E-state index in [-0.39, 0.29) is 23.2 Å². The first kappa shape index (κ1) is 18.9. The van der Waals surface area contributed by atoms with E-state index in [0.29, 0.717) is 12.6 Å². The first-order chi connectivity index (χ1) is 11.2. The average molecular weight is 335 g/mol. The average Bonchev–Trinajstić information content (AvgIpc) is 2.48. The fourth-order valence-corrected chi connectivity index (χ4v) is 3.10. The molecule has 1 fully saturated rings. The monoisotopic (exact) mass is 335 g/mol. The van der Waals surface area contributed by atoms with Crippen LogP contribution in [0.4, 0.5) is 4.39 Å². The second-order valence-corrected chi connectivity index (χ2v) is 7.96. The summed E-state index contributed by atoms with van der Waals surface area (Å²) in [4.78, 5) is 14.7. The highest BCUT2D eigenvalue weighted by atomic mass is 19.1. The standard InChI is InChI=1S/C19H30FN3O/c1-14-12-21-9-10-23(14)13-18(24)22-17(11-19(2,3)4)15-5-7-16(20)8-6-15/h5-8,14,17,21H,9-13H2,1-4H3,(H,22,24)/t14-,17?/m0/s1. The van der Waals surface area contributed by atoms with Crippen LogP contribution in [0.3, 0.4) is 0 Å². The number of nitrogens with zero attached hydrogens (tertiary/aromatic N) is 1. The minimum absolute atomic E-state index is 0.0299. The van der Waals surface area contributed by atoms with Crippen LogP contribution in [-0.2, 0) is 4.79 Å². The van der Waals surface area contributed by atoms with Crippen LogP contribution in [0.5, 0.6) is 0 Å². The normalized spacial score (nSPS) is 20.6. The summed E-state index contributed by atoms with van der Waals surface area (Å²) in [6.07, 6.45) is 0.807. The Kier molecular flexibility index (Phi) is 6.35. The number of benzene rings is 1. The Morgan fingerprint density at radius 1 is 1.38 bits per heavy atom. The molecule has 0 aliphatic carbocycles. The Morgan fingerprint density at radius 2 is 2.04 bits per heavy atom. The predicted molar refractivity (Wildman–Crippen MR) is 95.3 cm³/mol. The van der Waals surface area contributed by atoms with E-state index in [1.165, 1.54) is 12.1 Å². The summed E-state index contributed by atoms with van der Waals surface area (Å²) in [5, 5.41) is 6.49. The van der Waals surface area contributed by atoms with Crippen LogP contribution < -0.4 is 10.6 Å². The van der Waals surface area contributed by atoms with Crippen molar-refractivity contribution in [1.29, 1.82) is 0 Å². The summed E-state index contributed by atoms with van der Waals surface area (Å²) in [6, 6.07) is 6.69. The SMILES string of the molecule is C[C@H]1CNCCN1CC(=O)NC(CC(C)(C)C)c1ccc(F)cc1. The minimum atomic E-state index is -0.255. The molecule has 2 N–H and O–H groups in total. The second kappa shape index (κ2) is 8.08. The van der Waals surface area contributed by atoms with Gasteiger partial charge in [-0.15, -0.1) is 0 Å². The van der Waals surface area contributed by atoms with Crippen molar-refractivity contribution in [2.45, 2.75) is 46.2 Å². The summed E-state index contributed by atoms with van der Waals surface area (Å²) >= 11 is 0. The van der Waals surface area contributed by atoms with E-state index in [1.807, 2.05) is 0 Å². The molecule has 1 heterocycles. The fourth-order valence-electron chi connectivity index (χ4n) is 3.10. The highest BCUT2D eigenvalue weighted by molar-refractivity contribution is 5.78. The van der Waals surface area contributed by atoms with Gasteiger partial charge >= 0.3 is 0 Å². The van der Waals surface area contributed by atoms with E-state index in [4.69, 9.17) is 0 Å². The van der Waals surface area contributed by atoms with Gasteiger partial charge in [0.15, 0.2) is 0 Å². The molecule has 0 bridgehead atoms. The molecule has 24 heavy (non-hydrogen) atoms. The maximum absolute atomic E-state index is 13.2. The third-order valence-electron chi connectivity index (χ3n) is 4.41. The number of hydrogen-bond acceptors (Lipinski definition) is 3. The number of halogens is 1. The van der Waals surface area contributed by atoms with E-state index < -0.39 is 0 Å². The summed E-state index contributed by atoms with van der Waals surface area (Å²) in [7, 11) is 0. The number of rotatable bonds is 5. The maximum atomic E-state index is 13.2. The van der Waals surface area contributed by atoms with Crippen molar-refractivity contribution < 1.29 is 9.18 Å².